The number of nitrogens with zero attached hydrogens (tertiary/aromatic N) is 1. The highest BCUT2D eigenvalue weighted by Gasteiger charge is 2.42. The highest BCUT2D eigenvalue weighted by atomic mass is 16.5. The van der Waals surface area contributed by atoms with Gasteiger partial charge in [0.25, 0.3) is 5.56 Å². The lowest BCUT2D eigenvalue weighted by Crippen LogP contribution is -2.42. The Kier molecular flexibility index (Phi) is 3.35. The Morgan fingerprint density at radius 3 is 2.78 bits per heavy atom. The van der Waals surface area contributed by atoms with Crippen molar-refractivity contribution in [2.24, 2.45) is 5.73 Å². The summed E-state index contributed by atoms with van der Waals surface area (Å²) in [6.45, 7) is 1.17. The van der Waals surface area contributed by atoms with E-state index in [4.69, 9.17) is 15.6 Å². The molecule has 8 heteroatoms. The van der Waals surface area contributed by atoms with Gasteiger partial charge in [-0.1, -0.05) is 0 Å². The number of aliphatic hydroxyl groups excluding tert-OH is 2. The van der Waals surface area contributed by atoms with E-state index in [-0.39, 0.29) is 6.61 Å². The van der Waals surface area contributed by atoms with Gasteiger partial charge in [0.05, 0.1) is 12.6 Å². The van der Waals surface area contributed by atoms with Crippen LogP contribution in [0.3, 0.4) is 0 Å². The molecule has 5 N–H and O–H groups in total. The van der Waals surface area contributed by atoms with Gasteiger partial charge in [-0.15, -0.1) is 0 Å². The third kappa shape index (κ3) is 1.99. The SMILES string of the molecule is Cc1cn(C2O[C@H](CO)[C@@H](N)[C@H]2O)c(=O)[nH]c1=O. The van der Waals surface area contributed by atoms with Gasteiger partial charge in [-0.2, -0.15) is 0 Å². The van der Waals surface area contributed by atoms with Crippen molar-refractivity contribution >= 4 is 0 Å². The van der Waals surface area contributed by atoms with E-state index in [1.54, 1.807) is 0 Å². The molecule has 2 heterocycles. The van der Waals surface area contributed by atoms with Crippen molar-refractivity contribution in [3.05, 3.63) is 32.6 Å². The number of aliphatic hydroxyl groups is 2. The smallest absolute Gasteiger partial charge is 0.330 e. The summed E-state index contributed by atoms with van der Waals surface area (Å²) in [6, 6.07) is -0.792. The topological polar surface area (TPSA) is 131 Å². The van der Waals surface area contributed by atoms with Gasteiger partial charge in [0.2, 0.25) is 0 Å². The molecule has 0 spiro atoms. The van der Waals surface area contributed by atoms with Crippen LogP contribution in [0.25, 0.3) is 0 Å². The molecule has 4 atom stereocenters. The first-order valence-electron chi connectivity index (χ1n) is 5.47. The maximum Gasteiger partial charge on any atom is 0.330 e. The first-order chi connectivity index (χ1) is 8.45. The predicted molar refractivity (Wildman–Crippen MR) is 61.0 cm³/mol. The van der Waals surface area contributed by atoms with Crippen molar-refractivity contribution in [1.82, 2.24) is 9.55 Å². The normalized spacial score (nSPS) is 31.8. The lowest BCUT2D eigenvalue weighted by Gasteiger charge is -2.17. The zero-order valence-corrected chi connectivity index (χ0v) is 9.74. The van der Waals surface area contributed by atoms with Crippen LogP contribution in [0.4, 0.5) is 0 Å². The molecule has 0 amide bonds. The second-order valence-electron chi connectivity index (χ2n) is 4.29. The van der Waals surface area contributed by atoms with E-state index in [0.717, 1.165) is 4.57 Å². The second kappa shape index (κ2) is 4.65. The molecule has 0 saturated carbocycles. The van der Waals surface area contributed by atoms with Crippen LogP contribution in [0.5, 0.6) is 0 Å². The van der Waals surface area contributed by atoms with Gasteiger partial charge in [-0.3, -0.25) is 14.3 Å². The minimum Gasteiger partial charge on any atom is -0.394 e. The molecule has 0 radical (unpaired) electrons. The van der Waals surface area contributed by atoms with Crippen molar-refractivity contribution in [3.63, 3.8) is 0 Å². The largest absolute Gasteiger partial charge is 0.394 e. The summed E-state index contributed by atoms with van der Waals surface area (Å²) in [5.74, 6) is 0. The fourth-order valence-electron chi connectivity index (χ4n) is 1.93. The average Bonchev–Trinajstić information content (AvgIpc) is 2.61. The summed E-state index contributed by atoms with van der Waals surface area (Å²) in [4.78, 5) is 25.0. The number of nitrogens with two attached hydrogens (primary N) is 1. The lowest BCUT2D eigenvalue weighted by atomic mass is 10.1. The van der Waals surface area contributed by atoms with Crippen molar-refractivity contribution in [3.8, 4) is 0 Å². The van der Waals surface area contributed by atoms with E-state index in [0.29, 0.717) is 5.56 Å². The maximum atomic E-state index is 11.6. The fraction of sp³-hybridized carbons (Fsp3) is 0.600. The summed E-state index contributed by atoms with van der Waals surface area (Å²) in [7, 11) is 0. The van der Waals surface area contributed by atoms with Gasteiger partial charge in [0, 0.05) is 11.8 Å². The zero-order chi connectivity index (χ0) is 13.4. The number of aryl methyl sites for hydroxylation is 1. The quantitative estimate of drug-likeness (QED) is 0.460. The molecular formula is C10H15N3O5. The predicted octanol–water partition coefficient (Wildman–Crippen LogP) is -2.58. The summed E-state index contributed by atoms with van der Waals surface area (Å²) in [6.07, 6.45) is -1.60. The van der Waals surface area contributed by atoms with E-state index in [1.165, 1.54) is 13.1 Å². The summed E-state index contributed by atoms with van der Waals surface area (Å²) in [5, 5.41) is 18.9. The number of H-pyrrole nitrogens is 1. The molecule has 0 aliphatic carbocycles. The van der Waals surface area contributed by atoms with Crippen LogP contribution >= 0.6 is 0 Å². The Morgan fingerprint density at radius 2 is 2.22 bits per heavy atom. The Hall–Kier alpha value is -1.48. The van der Waals surface area contributed by atoms with Crippen LogP contribution < -0.4 is 17.0 Å². The number of hydrogen-bond acceptors (Lipinski definition) is 6. The lowest BCUT2D eigenvalue weighted by molar-refractivity contribution is -0.0532. The molecule has 1 aliphatic heterocycles. The fourth-order valence-corrected chi connectivity index (χ4v) is 1.93. The van der Waals surface area contributed by atoms with Crippen LogP contribution in [0.15, 0.2) is 15.8 Å². The van der Waals surface area contributed by atoms with Crippen molar-refractivity contribution in [1.29, 1.82) is 0 Å². The van der Waals surface area contributed by atoms with Crippen molar-refractivity contribution in [2.75, 3.05) is 6.61 Å². The number of ether oxygens (including phenoxy) is 1. The standard InChI is InChI=1S/C10H15N3O5/c1-4-2-13(10(17)12-8(4)16)9-7(15)6(11)5(3-14)18-9/h2,5-7,9,14-15H,3,11H2,1H3,(H,12,16,17)/t5-,6-,7-,9?/m1/s1. The minimum absolute atomic E-state index is 0.311. The van der Waals surface area contributed by atoms with E-state index in [2.05, 4.69) is 4.98 Å². The van der Waals surface area contributed by atoms with Crippen molar-refractivity contribution in [2.45, 2.75) is 31.4 Å². The van der Waals surface area contributed by atoms with Crippen molar-refractivity contribution < 1.29 is 14.9 Å². The van der Waals surface area contributed by atoms with Gasteiger partial charge in [0.15, 0.2) is 6.23 Å². The van der Waals surface area contributed by atoms with Crippen LogP contribution in [0.1, 0.15) is 11.8 Å². The molecule has 0 aromatic carbocycles. The Labute approximate surface area is 102 Å². The first kappa shape index (κ1) is 13.0. The number of hydrogen-bond donors (Lipinski definition) is 4. The first-order valence-corrected chi connectivity index (χ1v) is 5.47. The van der Waals surface area contributed by atoms with Crippen LogP contribution in [-0.4, -0.2) is 44.6 Å². The zero-order valence-electron chi connectivity index (χ0n) is 9.74. The van der Waals surface area contributed by atoms with E-state index < -0.39 is 35.7 Å². The number of nitrogens with one attached hydrogen (secondary N) is 1. The Bertz CT molecular complexity index is 551. The maximum absolute atomic E-state index is 11.6. The van der Waals surface area contributed by atoms with Crippen LogP contribution in [0.2, 0.25) is 0 Å². The molecule has 2 rings (SSSR count). The minimum atomic E-state index is -1.13. The van der Waals surface area contributed by atoms with Gasteiger partial charge >= 0.3 is 5.69 Å². The second-order valence-corrected chi connectivity index (χ2v) is 4.29. The van der Waals surface area contributed by atoms with Gasteiger partial charge in [0.1, 0.15) is 12.2 Å². The Balaban J connectivity index is 2.42. The Morgan fingerprint density at radius 1 is 1.56 bits per heavy atom. The molecule has 1 aliphatic rings. The molecule has 1 aromatic heterocycles. The molecule has 18 heavy (non-hydrogen) atoms. The summed E-state index contributed by atoms with van der Waals surface area (Å²) >= 11 is 0. The highest BCUT2D eigenvalue weighted by molar-refractivity contribution is 5.03. The highest BCUT2D eigenvalue weighted by Crippen LogP contribution is 2.26. The molecule has 1 fully saturated rings. The van der Waals surface area contributed by atoms with Crippen LogP contribution in [0, 0.1) is 6.92 Å². The third-order valence-electron chi connectivity index (χ3n) is 3.03. The van der Waals surface area contributed by atoms with Crippen LogP contribution in [-0.2, 0) is 4.74 Å². The van der Waals surface area contributed by atoms with Gasteiger partial charge < -0.3 is 20.7 Å². The number of rotatable bonds is 2. The average molecular weight is 257 g/mol. The monoisotopic (exact) mass is 257 g/mol. The number of aromatic amines is 1. The van der Waals surface area contributed by atoms with Gasteiger partial charge in [-0.25, -0.2) is 4.79 Å². The molecule has 1 aromatic rings. The molecule has 1 unspecified atom stereocenters. The molecule has 0 bridgehead atoms. The molecule has 1 saturated heterocycles. The molecule has 8 nitrogen and oxygen atoms in total. The summed E-state index contributed by atoms with van der Waals surface area (Å²) < 4.78 is 6.38. The number of aromatic nitrogens is 2. The van der Waals surface area contributed by atoms with E-state index in [9.17, 15) is 14.7 Å². The molecular weight excluding hydrogens is 242 g/mol. The van der Waals surface area contributed by atoms with E-state index >= 15 is 0 Å². The summed E-state index contributed by atoms with van der Waals surface area (Å²) in [5.41, 5.74) is 4.78. The third-order valence-corrected chi connectivity index (χ3v) is 3.03. The van der Waals surface area contributed by atoms with E-state index in [1.807, 2.05) is 0 Å². The van der Waals surface area contributed by atoms with Gasteiger partial charge in [-0.05, 0) is 6.92 Å². The molecule has 100 valence electrons.